The molecule has 5 rings (SSSR count). The van der Waals surface area contributed by atoms with Crippen LogP contribution in [0, 0.1) is 0 Å². The lowest BCUT2D eigenvalue weighted by Gasteiger charge is -2.35. The molecule has 4 aromatic rings. The second-order valence-corrected chi connectivity index (χ2v) is 7.62. The topological polar surface area (TPSA) is 78.8 Å². The smallest absolute Gasteiger partial charge is 0.274 e. The number of para-hydroxylation sites is 1. The molecule has 0 spiro atoms. The number of hydrogen-bond acceptors (Lipinski definition) is 6. The second-order valence-electron chi connectivity index (χ2n) is 7.62. The first-order chi connectivity index (χ1) is 15.2. The number of aromatic nitrogens is 4. The van der Waals surface area contributed by atoms with E-state index >= 15 is 0 Å². The maximum absolute atomic E-state index is 12.6. The number of benzene rings is 2. The summed E-state index contributed by atoms with van der Waals surface area (Å²) in [4.78, 5) is 26.5. The van der Waals surface area contributed by atoms with Crippen LogP contribution in [0.5, 0.6) is 5.75 Å². The van der Waals surface area contributed by atoms with Gasteiger partial charge < -0.3 is 9.64 Å². The summed E-state index contributed by atoms with van der Waals surface area (Å²) in [7, 11) is 1.63. The van der Waals surface area contributed by atoms with Crippen LogP contribution in [0.25, 0.3) is 17.2 Å². The van der Waals surface area contributed by atoms with E-state index in [2.05, 4.69) is 49.1 Å². The first-order valence-electron chi connectivity index (χ1n) is 10.3. The van der Waals surface area contributed by atoms with Gasteiger partial charge in [0.25, 0.3) is 11.3 Å². The zero-order valence-corrected chi connectivity index (χ0v) is 17.4. The van der Waals surface area contributed by atoms with E-state index in [4.69, 9.17) is 4.74 Å². The van der Waals surface area contributed by atoms with Crippen LogP contribution in [0.15, 0.2) is 65.5 Å². The summed E-state index contributed by atoms with van der Waals surface area (Å²) in [5.41, 5.74) is 2.70. The molecule has 0 bridgehead atoms. The van der Waals surface area contributed by atoms with Gasteiger partial charge in [-0.3, -0.25) is 14.8 Å². The van der Waals surface area contributed by atoms with Crippen molar-refractivity contribution < 1.29 is 4.74 Å². The van der Waals surface area contributed by atoms with Crippen molar-refractivity contribution in [2.75, 3.05) is 38.2 Å². The average molecular weight is 416 g/mol. The molecule has 0 radical (unpaired) electrons. The molecule has 0 unspecified atom stereocenters. The lowest BCUT2D eigenvalue weighted by molar-refractivity contribution is 0.247. The van der Waals surface area contributed by atoms with Gasteiger partial charge in [-0.1, -0.05) is 18.2 Å². The number of hydrogen-bond donors (Lipinski definition) is 1. The average Bonchev–Trinajstić information content (AvgIpc) is 3.25. The van der Waals surface area contributed by atoms with E-state index in [1.165, 1.54) is 10.2 Å². The predicted molar refractivity (Wildman–Crippen MR) is 120 cm³/mol. The minimum Gasteiger partial charge on any atom is -0.497 e. The van der Waals surface area contributed by atoms with E-state index in [0.717, 1.165) is 43.2 Å². The third-order valence-electron chi connectivity index (χ3n) is 5.63. The highest BCUT2D eigenvalue weighted by Crippen LogP contribution is 2.20. The Hall–Kier alpha value is -3.65. The molecule has 2 aromatic carbocycles. The summed E-state index contributed by atoms with van der Waals surface area (Å²) in [6.45, 7) is 4.39. The van der Waals surface area contributed by atoms with Crippen molar-refractivity contribution >= 4 is 11.5 Å². The lowest BCUT2D eigenvalue weighted by Crippen LogP contribution is -2.46. The second kappa shape index (κ2) is 8.23. The van der Waals surface area contributed by atoms with E-state index < -0.39 is 0 Å². The van der Waals surface area contributed by atoms with Gasteiger partial charge in [0.05, 0.1) is 12.8 Å². The van der Waals surface area contributed by atoms with Gasteiger partial charge in [0.2, 0.25) is 0 Å². The molecule has 3 heterocycles. The zero-order valence-electron chi connectivity index (χ0n) is 17.4. The molecule has 1 aliphatic heterocycles. The summed E-state index contributed by atoms with van der Waals surface area (Å²) < 4.78 is 6.58. The van der Waals surface area contributed by atoms with Crippen LogP contribution in [0.1, 0.15) is 5.69 Å². The van der Waals surface area contributed by atoms with Crippen LogP contribution in [-0.2, 0) is 6.54 Å². The van der Waals surface area contributed by atoms with Gasteiger partial charge in [0.15, 0.2) is 5.82 Å². The fraction of sp³-hybridized carbons (Fsp3) is 0.261. The fourth-order valence-electron chi connectivity index (χ4n) is 3.92. The van der Waals surface area contributed by atoms with Gasteiger partial charge in [-0.05, 0) is 36.4 Å². The van der Waals surface area contributed by atoms with Crippen molar-refractivity contribution in [1.82, 2.24) is 24.5 Å². The number of piperazine rings is 1. The maximum atomic E-state index is 12.6. The lowest BCUT2D eigenvalue weighted by atomic mass is 10.2. The van der Waals surface area contributed by atoms with E-state index in [9.17, 15) is 4.79 Å². The molecule has 0 saturated carbocycles. The summed E-state index contributed by atoms with van der Waals surface area (Å²) >= 11 is 0. The van der Waals surface area contributed by atoms with Crippen molar-refractivity contribution in [1.29, 1.82) is 0 Å². The van der Waals surface area contributed by atoms with Crippen LogP contribution in [-0.4, -0.2) is 57.8 Å². The number of nitrogens with zero attached hydrogens (tertiary/aromatic N) is 5. The number of anilines is 1. The predicted octanol–water partition coefficient (Wildman–Crippen LogP) is 2.42. The minimum atomic E-state index is -0.157. The first-order valence-corrected chi connectivity index (χ1v) is 10.3. The number of H-pyrrole nitrogens is 1. The third-order valence-corrected chi connectivity index (χ3v) is 5.63. The Morgan fingerprint density at radius 1 is 0.968 bits per heavy atom. The van der Waals surface area contributed by atoms with E-state index in [1.54, 1.807) is 13.2 Å². The molecule has 1 saturated heterocycles. The Morgan fingerprint density at radius 2 is 1.71 bits per heavy atom. The van der Waals surface area contributed by atoms with Gasteiger partial charge in [-0.2, -0.15) is 9.50 Å². The molecule has 1 fully saturated rings. The monoisotopic (exact) mass is 416 g/mol. The Labute approximate surface area is 179 Å². The van der Waals surface area contributed by atoms with Gasteiger partial charge in [-0.15, -0.1) is 0 Å². The molecular formula is C23H24N6O2. The molecule has 8 nitrogen and oxygen atoms in total. The summed E-state index contributed by atoms with van der Waals surface area (Å²) in [5, 5.41) is 3.04. The molecule has 1 aliphatic rings. The normalized spacial score (nSPS) is 14.8. The molecule has 31 heavy (non-hydrogen) atoms. The van der Waals surface area contributed by atoms with Gasteiger partial charge in [-0.25, -0.2) is 4.98 Å². The molecule has 2 aromatic heterocycles. The highest BCUT2D eigenvalue weighted by Gasteiger charge is 2.18. The summed E-state index contributed by atoms with van der Waals surface area (Å²) in [5.74, 6) is 1.75. The van der Waals surface area contributed by atoms with Crippen molar-refractivity contribution in [3.63, 3.8) is 0 Å². The zero-order chi connectivity index (χ0) is 21.2. The van der Waals surface area contributed by atoms with Crippen molar-refractivity contribution in [2.24, 2.45) is 0 Å². The number of ether oxygens (including phenoxy) is 1. The van der Waals surface area contributed by atoms with Crippen molar-refractivity contribution in [2.45, 2.75) is 6.54 Å². The van der Waals surface area contributed by atoms with E-state index in [1.807, 2.05) is 30.3 Å². The molecule has 0 atom stereocenters. The van der Waals surface area contributed by atoms with Crippen molar-refractivity contribution in [3.8, 4) is 17.1 Å². The molecular weight excluding hydrogens is 392 g/mol. The standard InChI is InChI=1S/C23H24N6O2/c1-31-20-9-7-17(8-10-20)22-25-23-24-18(15-21(30)29(23)26-22)16-27-11-13-28(14-12-27)19-5-3-2-4-6-19/h2-10,15H,11-14,16H2,1H3,(H,24,25,26). The van der Waals surface area contributed by atoms with E-state index in [0.29, 0.717) is 18.1 Å². The molecule has 0 amide bonds. The summed E-state index contributed by atoms with van der Waals surface area (Å²) in [6.07, 6.45) is 0. The number of aromatic amines is 1. The third kappa shape index (κ3) is 4.02. The van der Waals surface area contributed by atoms with E-state index in [-0.39, 0.29) is 5.56 Å². The van der Waals surface area contributed by atoms with Crippen LogP contribution >= 0.6 is 0 Å². The van der Waals surface area contributed by atoms with Gasteiger partial charge >= 0.3 is 0 Å². The minimum absolute atomic E-state index is 0.157. The molecule has 0 aliphatic carbocycles. The quantitative estimate of drug-likeness (QED) is 0.538. The van der Waals surface area contributed by atoms with Crippen LogP contribution in [0.3, 0.4) is 0 Å². The Morgan fingerprint density at radius 3 is 2.42 bits per heavy atom. The molecule has 158 valence electrons. The number of rotatable bonds is 5. The van der Waals surface area contributed by atoms with Gasteiger partial charge in [0.1, 0.15) is 5.75 Å². The molecule has 1 N–H and O–H groups in total. The van der Waals surface area contributed by atoms with Gasteiger partial charge in [0, 0.05) is 50.0 Å². The SMILES string of the molecule is COc1ccc(-c2nc3nc(CN4CCN(c5ccccc5)CC4)cc(=O)n3[nH]2)cc1. The van der Waals surface area contributed by atoms with Crippen molar-refractivity contribution in [3.05, 3.63) is 76.7 Å². The van der Waals surface area contributed by atoms with Crippen LogP contribution < -0.4 is 15.2 Å². The van der Waals surface area contributed by atoms with Crippen LogP contribution in [0.4, 0.5) is 5.69 Å². The Bertz CT molecular complexity index is 1220. The maximum Gasteiger partial charge on any atom is 0.274 e. The Balaban J connectivity index is 1.31. The number of nitrogens with one attached hydrogen (secondary N) is 1. The first kappa shape index (κ1) is 19.3. The largest absolute Gasteiger partial charge is 0.497 e. The summed E-state index contributed by atoms with van der Waals surface area (Å²) in [6, 6.07) is 19.6. The fourth-order valence-corrected chi connectivity index (χ4v) is 3.92. The number of methoxy groups -OCH3 is 1. The number of fused-ring (bicyclic) bond motifs is 1. The highest BCUT2D eigenvalue weighted by atomic mass is 16.5. The molecule has 8 heteroatoms. The highest BCUT2D eigenvalue weighted by molar-refractivity contribution is 5.58. The Kier molecular flexibility index (Phi) is 5.13. The van der Waals surface area contributed by atoms with Crippen LogP contribution in [0.2, 0.25) is 0 Å².